The van der Waals surface area contributed by atoms with Crippen molar-refractivity contribution in [1.82, 2.24) is 4.98 Å². The van der Waals surface area contributed by atoms with Crippen molar-refractivity contribution in [3.8, 4) is 0 Å². The van der Waals surface area contributed by atoms with Gasteiger partial charge in [-0.15, -0.1) is 0 Å². The Labute approximate surface area is 107 Å². The van der Waals surface area contributed by atoms with Crippen molar-refractivity contribution in [3.63, 3.8) is 0 Å². The van der Waals surface area contributed by atoms with E-state index in [1.807, 2.05) is 61.5 Å². The fourth-order valence-electron chi connectivity index (χ4n) is 1.67. The van der Waals surface area contributed by atoms with Gasteiger partial charge in [0, 0.05) is 11.3 Å². The molecule has 2 nitrogen and oxygen atoms in total. The predicted octanol–water partition coefficient (Wildman–Crippen LogP) is 3.76. The van der Waals surface area contributed by atoms with Crippen molar-refractivity contribution in [2.45, 2.75) is 13.8 Å². The zero-order valence-corrected chi connectivity index (χ0v) is 10.6. The third-order valence-electron chi connectivity index (χ3n) is 2.67. The number of pyridine rings is 1. The molecule has 18 heavy (non-hydrogen) atoms. The van der Waals surface area contributed by atoms with Gasteiger partial charge < -0.3 is 0 Å². The molecule has 0 atom stereocenters. The summed E-state index contributed by atoms with van der Waals surface area (Å²) in [7, 11) is 0. The summed E-state index contributed by atoms with van der Waals surface area (Å²) in [6.07, 6.45) is 3.96. The SMILES string of the molecule is CC(=O)c1ccc(/C=C/c2cccc(C)n2)cc1. The third kappa shape index (κ3) is 3.14. The lowest BCUT2D eigenvalue weighted by Crippen LogP contribution is -1.90. The first-order valence-electron chi connectivity index (χ1n) is 5.88. The van der Waals surface area contributed by atoms with E-state index in [1.54, 1.807) is 6.92 Å². The lowest BCUT2D eigenvalue weighted by molar-refractivity contribution is 0.101. The molecule has 0 saturated heterocycles. The average Bonchev–Trinajstić information content (AvgIpc) is 2.37. The highest BCUT2D eigenvalue weighted by molar-refractivity contribution is 5.94. The van der Waals surface area contributed by atoms with E-state index in [0.717, 1.165) is 22.5 Å². The summed E-state index contributed by atoms with van der Waals surface area (Å²) in [6.45, 7) is 3.54. The second-order valence-electron chi connectivity index (χ2n) is 4.22. The minimum absolute atomic E-state index is 0.0888. The van der Waals surface area contributed by atoms with E-state index in [-0.39, 0.29) is 5.78 Å². The van der Waals surface area contributed by atoms with Crippen molar-refractivity contribution in [3.05, 3.63) is 65.0 Å². The van der Waals surface area contributed by atoms with Gasteiger partial charge in [-0.05, 0) is 37.6 Å². The van der Waals surface area contributed by atoms with E-state index >= 15 is 0 Å². The lowest BCUT2D eigenvalue weighted by atomic mass is 10.1. The summed E-state index contributed by atoms with van der Waals surface area (Å²) in [6, 6.07) is 13.5. The molecule has 0 aliphatic rings. The zero-order chi connectivity index (χ0) is 13.0. The molecule has 0 aliphatic carbocycles. The molecule has 0 N–H and O–H groups in total. The van der Waals surface area contributed by atoms with Crippen molar-refractivity contribution < 1.29 is 4.79 Å². The Bertz CT molecular complexity index is 582. The number of aryl methyl sites for hydroxylation is 1. The molecule has 0 bridgehead atoms. The van der Waals surface area contributed by atoms with Crippen molar-refractivity contribution in [1.29, 1.82) is 0 Å². The number of nitrogens with zero attached hydrogens (tertiary/aromatic N) is 1. The second-order valence-corrected chi connectivity index (χ2v) is 4.22. The van der Waals surface area contributed by atoms with Crippen LogP contribution in [0.3, 0.4) is 0 Å². The van der Waals surface area contributed by atoms with Gasteiger partial charge in [-0.1, -0.05) is 36.4 Å². The third-order valence-corrected chi connectivity index (χ3v) is 2.67. The molecule has 1 heterocycles. The van der Waals surface area contributed by atoms with Crippen molar-refractivity contribution in [2.75, 3.05) is 0 Å². The molecule has 0 aliphatic heterocycles. The Morgan fingerprint density at radius 2 is 1.78 bits per heavy atom. The number of hydrogen-bond acceptors (Lipinski definition) is 2. The fraction of sp³-hybridized carbons (Fsp3) is 0.125. The van der Waals surface area contributed by atoms with Crippen LogP contribution in [0.25, 0.3) is 12.2 Å². The first-order chi connectivity index (χ1) is 8.65. The molecule has 0 spiro atoms. The molecule has 0 amide bonds. The summed E-state index contributed by atoms with van der Waals surface area (Å²) >= 11 is 0. The summed E-state index contributed by atoms with van der Waals surface area (Å²) in [4.78, 5) is 15.5. The predicted molar refractivity (Wildman–Crippen MR) is 74.3 cm³/mol. The van der Waals surface area contributed by atoms with Gasteiger partial charge in [0.25, 0.3) is 0 Å². The molecule has 90 valence electrons. The van der Waals surface area contributed by atoms with Crippen LogP contribution in [-0.4, -0.2) is 10.8 Å². The summed E-state index contributed by atoms with van der Waals surface area (Å²) in [5.41, 5.74) is 3.74. The molecule has 2 rings (SSSR count). The monoisotopic (exact) mass is 237 g/mol. The molecule has 1 aromatic heterocycles. The van der Waals surface area contributed by atoms with Gasteiger partial charge >= 0.3 is 0 Å². The Morgan fingerprint density at radius 3 is 2.39 bits per heavy atom. The van der Waals surface area contributed by atoms with Gasteiger partial charge in [-0.3, -0.25) is 9.78 Å². The highest BCUT2D eigenvalue weighted by Gasteiger charge is 1.97. The number of carbonyl (C=O) groups is 1. The molecule has 0 unspecified atom stereocenters. The maximum Gasteiger partial charge on any atom is 0.159 e. The van der Waals surface area contributed by atoms with Crippen LogP contribution in [-0.2, 0) is 0 Å². The number of Topliss-reactive ketones (excluding diaryl/α,β-unsaturated/α-hetero) is 1. The summed E-state index contributed by atoms with van der Waals surface area (Å²) in [5, 5.41) is 0. The van der Waals surface area contributed by atoms with Crippen LogP contribution >= 0.6 is 0 Å². The van der Waals surface area contributed by atoms with E-state index < -0.39 is 0 Å². The highest BCUT2D eigenvalue weighted by Crippen LogP contribution is 2.09. The van der Waals surface area contributed by atoms with Gasteiger partial charge in [0.2, 0.25) is 0 Å². The molecular weight excluding hydrogens is 222 g/mol. The van der Waals surface area contributed by atoms with E-state index in [1.165, 1.54) is 0 Å². The van der Waals surface area contributed by atoms with E-state index in [4.69, 9.17) is 0 Å². The molecule has 0 saturated carbocycles. The van der Waals surface area contributed by atoms with Crippen LogP contribution in [0, 0.1) is 6.92 Å². The maximum absolute atomic E-state index is 11.1. The highest BCUT2D eigenvalue weighted by atomic mass is 16.1. The Hall–Kier alpha value is -2.22. The number of hydrogen-bond donors (Lipinski definition) is 0. The van der Waals surface area contributed by atoms with Crippen molar-refractivity contribution >= 4 is 17.9 Å². The normalized spacial score (nSPS) is 10.8. The van der Waals surface area contributed by atoms with Crippen LogP contribution in [0.1, 0.15) is 34.2 Å². The van der Waals surface area contributed by atoms with Gasteiger partial charge in [-0.2, -0.15) is 0 Å². The first kappa shape index (κ1) is 12.2. The van der Waals surface area contributed by atoms with Gasteiger partial charge in [0.05, 0.1) is 5.69 Å². The van der Waals surface area contributed by atoms with Crippen LogP contribution < -0.4 is 0 Å². The van der Waals surface area contributed by atoms with Crippen LogP contribution in [0.2, 0.25) is 0 Å². The Balaban J connectivity index is 2.16. The van der Waals surface area contributed by atoms with Crippen molar-refractivity contribution in [2.24, 2.45) is 0 Å². The first-order valence-corrected chi connectivity index (χ1v) is 5.88. The molecule has 1 aromatic carbocycles. The smallest absolute Gasteiger partial charge is 0.159 e. The lowest BCUT2D eigenvalue weighted by Gasteiger charge is -1.97. The quantitative estimate of drug-likeness (QED) is 0.761. The second kappa shape index (κ2) is 5.41. The van der Waals surface area contributed by atoms with Gasteiger partial charge in [0.15, 0.2) is 5.78 Å². The number of carbonyl (C=O) groups excluding carboxylic acids is 1. The molecule has 0 fully saturated rings. The molecular formula is C16H15NO. The maximum atomic E-state index is 11.1. The summed E-state index contributed by atoms with van der Waals surface area (Å²) < 4.78 is 0. The largest absolute Gasteiger partial charge is 0.295 e. The summed E-state index contributed by atoms with van der Waals surface area (Å²) in [5.74, 6) is 0.0888. The van der Waals surface area contributed by atoms with Crippen LogP contribution in [0.15, 0.2) is 42.5 Å². The van der Waals surface area contributed by atoms with E-state index in [9.17, 15) is 4.79 Å². The fourth-order valence-corrected chi connectivity index (χ4v) is 1.67. The number of ketones is 1. The Kier molecular flexibility index (Phi) is 3.68. The number of benzene rings is 1. The average molecular weight is 237 g/mol. The van der Waals surface area contributed by atoms with Crippen LogP contribution in [0.4, 0.5) is 0 Å². The van der Waals surface area contributed by atoms with Gasteiger partial charge in [-0.25, -0.2) is 0 Å². The van der Waals surface area contributed by atoms with Crippen LogP contribution in [0.5, 0.6) is 0 Å². The molecule has 0 radical (unpaired) electrons. The minimum Gasteiger partial charge on any atom is -0.295 e. The Morgan fingerprint density at radius 1 is 1.06 bits per heavy atom. The molecule has 2 heteroatoms. The standard InChI is InChI=1S/C16H15NO/c1-12-4-3-5-16(17-12)11-8-14-6-9-15(10-7-14)13(2)18/h3-11H,1-2H3/b11-8+. The van der Waals surface area contributed by atoms with Gasteiger partial charge in [0.1, 0.15) is 0 Å². The minimum atomic E-state index is 0.0888. The number of aromatic nitrogens is 1. The molecule has 2 aromatic rings. The number of rotatable bonds is 3. The zero-order valence-electron chi connectivity index (χ0n) is 10.6. The van der Waals surface area contributed by atoms with E-state index in [0.29, 0.717) is 0 Å². The topological polar surface area (TPSA) is 30.0 Å². The van der Waals surface area contributed by atoms with E-state index in [2.05, 4.69) is 4.98 Å².